The summed E-state index contributed by atoms with van der Waals surface area (Å²) >= 11 is 0. The number of amides is 2. The number of carbonyl (C=O) groups excluding carboxylic acids is 1. The summed E-state index contributed by atoms with van der Waals surface area (Å²) in [6, 6.07) is 5.04. The van der Waals surface area contributed by atoms with Crippen LogP contribution in [0.15, 0.2) is 35.5 Å². The number of hydrogen-bond donors (Lipinski definition) is 3. The van der Waals surface area contributed by atoms with Gasteiger partial charge in [-0.3, -0.25) is 9.48 Å². The van der Waals surface area contributed by atoms with Gasteiger partial charge in [-0.25, -0.2) is 13.2 Å². The zero-order valence-electron chi connectivity index (χ0n) is 21.2. The number of benzene rings is 1. The number of sulfone groups is 1. The first kappa shape index (κ1) is 29.9. The Labute approximate surface area is 222 Å². The lowest BCUT2D eigenvalue weighted by Crippen LogP contribution is -2.33. The van der Waals surface area contributed by atoms with Gasteiger partial charge < -0.3 is 20.5 Å². The van der Waals surface area contributed by atoms with Crippen molar-refractivity contribution in [2.24, 2.45) is 0 Å². The molecular formula is C24H28F3N5O6S. The van der Waals surface area contributed by atoms with Crippen molar-refractivity contribution in [3.63, 3.8) is 0 Å². The van der Waals surface area contributed by atoms with Crippen LogP contribution in [0.3, 0.4) is 0 Å². The molecule has 15 heteroatoms. The maximum Gasteiger partial charge on any atom is 0.417 e. The van der Waals surface area contributed by atoms with Gasteiger partial charge in [-0.15, -0.1) is 0 Å². The number of nitrogens with zero attached hydrogens (tertiary/aromatic N) is 3. The minimum Gasteiger partial charge on any atom is -0.465 e. The third-order valence-electron chi connectivity index (χ3n) is 6.56. The fraction of sp³-hybridized carbons (Fsp3) is 0.500. The number of nitrogens with one attached hydrogen (secondary N) is 2. The number of hydrogen-bond acceptors (Lipinski definition) is 7. The largest absolute Gasteiger partial charge is 0.465 e. The van der Waals surface area contributed by atoms with Gasteiger partial charge in [0.1, 0.15) is 12.1 Å². The van der Waals surface area contributed by atoms with Gasteiger partial charge in [-0.1, -0.05) is 6.07 Å². The highest BCUT2D eigenvalue weighted by Gasteiger charge is 2.45. The maximum atomic E-state index is 13.8. The van der Waals surface area contributed by atoms with Crippen molar-refractivity contribution in [1.82, 2.24) is 20.4 Å². The van der Waals surface area contributed by atoms with Crippen LogP contribution in [-0.4, -0.2) is 66.4 Å². The first-order valence-corrected chi connectivity index (χ1v) is 13.4. The molecule has 0 bridgehead atoms. The molecule has 2 amide bonds. The van der Waals surface area contributed by atoms with Gasteiger partial charge in [0.05, 0.1) is 34.1 Å². The van der Waals surface area contributed by atoms with Gasteiger partial charge in [-0.05, 0) is 49.8 Å². The van der Waals surface area contributed by atoms with Crippen LogP contribution < -0.4 is 10.6 Å². The van der Waals surface area contributed by atoms with E-state index in [1.807, 2.05) is 6.07 Å². The number of carboxylic acid groups (broad SMARTS) is 1. The fourth-order valence-electron chi connectivity index (χ4n) is 4.18. The highest BCUT2D eigenvalue weighted by Crippen LogP contribution is 2.40. The maximum absolute atomic E-state index is 13.8. The first-order valence-electron chi connectivity index (χ1n) is 11.9. The van der Waals surface area contributed by atoms with Crippen LogP contribution in [0.5, 0.6) is 0 Å². The summed E-state index contributed by atoms with van der Waals surface area (Å²) in [6.07, 6.45) is -1.27. The van der Waals surface area contributed by atoms with Gasteiger partial charge in [0.15, 0.2) is 9.84 Å². The molecule has 0 unspecified atom stereocenters. The van der Waals surface area contributed by atoms with Crippen LogP contribution >= 0.6 is 0 Å². The number of aromatic nitrogens is 2. The van der Waals surface area contributed by atoms with Crippen molar-refractivity contribution in [3.8, 4) is 17.2 Å². The number of likely N-dealkylation sites (N-methyl/N-ethyl adjacent to an activating group) is 1. The molecule has 212 valence electrons. The van der Waals surface area contributed by atoms with Crippen LogP contribution in [-0.2, 0) is 32.1 Å². The van der Waals surface area contributed by atoms with E-state index in [9.17, 15) is 31.2 Å². The smallest absolute Gasteiger partial charge is 0.417 e. The fourth-order valence-corrected chi connectivity index (χ4v) is 6.19. The Bertz CT molecular complexity index is 1360. The van der Waals surface area contributed by atoms with Gasteiger partial charge >= 0.3 is 12.3 Å². The molecule has 1 aromatic heterocycles. The van der Waals surface area contributed by atoms with E-state index < -0.39 is 43.4 Å². The van der Waals surface area contributed by atoms with Crippen LogP contribution in [0.1, 0.15) is 37.7 Å². The van der Waals surface area contributed by atoms with Crippen molar-refractivity contribution < 1.29 is 41.0 Å². The number of methoxy groups -OCH3 is 1. The Balaban J connectivity index is 0.000000395. The number of halogens is 3. The van der Waals surface area contributed by atoms with Crippen molar-refractivity contribution in [2.45, 2.75) is 66.6 Å². The SMILES string of the molecule is CNC(=O)Cn1cc(-c2ccc(S(=O)(=O)[C@H]3CC[C@H](OC)C3)c(C(F)(F)F)c2)cn1.N#CC1(NC(=O)O)CC1. The Hall–Kier alpha value is -3.64. The van der Waals surface area contributed by atoms with Gasteiger partial charge in [0.25, 0.3) is 0 Å². The molecule has 2 saturated carbocycles. The Morgan fingerprint density at radius 2 is 1.97 bits per heavy atom. The average Bonchev–Trinajstić information content (AvgIpc) is 3.26. The molecule has 2 atom stereocenters. The third kappa shape index (κ3) is 7.27. The molecule has 2 aromatic rings. The number of nitriles is 1. The summed E-state index contributed by atoms with van der Waals surface area (Å²) in [5, 5.41) is 24.1. The summed E-state index contributed by atoms with van der Waals surface area (Å²) in [5.41, 5.74) is -1.44. The van der Waals surface area contributed by atoms with E-state index >= 15 is 0 Å². The molecule has 39 heavy (non-hydrogen) atoms. The normalized spacial score (nSPS) is 19.8. The molecule has 2 fully saturated rings. The summed E-state index contributed by atoms with van der Waals surface area (Å²) in [5.74, 6) is -0.312. The van der Waals surface area contributed by atoms with E-state index in [0.29, 0.717) is 24.8 Å². The number of alkyl halides is 3. The van der Waals surface area contributed by atoms with Gasteiger partial charge in [0, 0.05) is 25.9 Å². The summed E-state index contributed by atoms with van der Waals surface area (Å²) in [4.78, 5) is 20.7. The number of carbonyl (C=O) groups is 2. The van der Waals surface area contributed by atoms with E-state index in [4.69, 9.17) is 15.1 Å². The lowest BCUT2D eigenvalue weighted by atomic mass is 10.1. The second-order valence-electron chi connectivity index (χ2n) is 9.27. The first-order chi connectivity index (χ1) is 18.2. The van der Waals surface area contributed by atoms with E-state index in [1.165, 1.54) is 37.3 Å². The molecule has 0 aliphatic heterocycles. The van der Waals surface area contributed by atoms with Crippen molar-refractivity contribution >= 4 is 21.8 Å². The summed E-state index contributed by atoms with van der Waals surface area (Å²) in [7, 11) is -1.27. The molecule has 2 aliphatic rings. The highest BCUT2D eigenvalue weighted by atomic mass is 32.2. The Kier molecular flexibility index (Phi) is 8.91. The topological polar surface area (TPSA) is 163 Å². The highest BCUT2D eigenvalue weighted by molar-refractivity contribution is 7.92. The molecule has 0 saturated heterocycles. The van der Waals surface area contributed by atoms with Crippen molar-refractivity contribution in [1.29, 1.82) is 5.26 Å². The predicted molar refractivity (Wildman–Crippen MR) is 131 cm³/mol. The molecule has 1 heterocycles. The third-order valence-corrected chi connectivity index (χ3v) is 8.84. The molecule has 11 nitrogen and oxygen atoms in total. The second-order valence-corrected chi connectivity index (χ2v) is 11.5. The molecule has 4 rings (SSSR count). The van der Waals surface area contributed by atoms with Crippen LogP contribution in [0.25, 0.3) is 11.1 Å². The molecule has 0 radical (unpaired) electrons. The lowest BCUT2D eigenvalue weighted by molar-refractivity contribution is -0.139. The van der Waals surface area contributed by atoms with Crippen molar-refractivity contribution in [3.05, 3.63) is 36.2 Å². The monoisotopic (exact) mass is 571 g/mol. The Morgan fingerprint density at radius 3 is 2.46 bits per heavy atom. The number of rotatable bonds is 7. The predicted octanol–water partition coefficient (Wildman–Crippen LogP) is 2.97. The van der Waals surface area contributed by atoms with E-state index in [0.717, 1.165) is 12.1 Å². The molecule has 2 aliphatic carbocycles. The molecule has 3 N–H and O–H groups in total. The summed E-state index contributed by atoms with van der Waals surface area (Å²) in [6.45, 7) is -0.0859. The van der Waals surface area contributed by atoms with Crippen LogP contribution in [0.4, 0.5) is 18.0 Å². The van der Waals surface area contributed by atoms with Crippen molar-refractivity contribution in [2.75, 3.05) is 14.2 Å². The minimum atomic E-state index is -4.85. The van der Waals surface area contributed by atoms with Crippen LogP contribution in [0, 0.1) is 11.3 Å². The van der Waals surface area contributed by atoms with E-state index in [-0.39, 0.29) is 37.0 Å². The number of ether oxygens (including phenoxy) is 1. The van der Waals surface area contributed by atoms with Crippen LogP contribution in [0.2, 0.25) is 0 Å². The molecular weight excluding hydrogens is 543 g/mol. The molecule has 1 aromatic carbocycles. The summed E-state index contributed by atoms with van der Waals surface area (Å²) < 4.78 is 73.6. The quantitative estimate of drug-likeness (QED) is 0.457. The zero-order chi connectivity index (χ0) is 29.0. The van der Waals surface area contributed by atoms with E-state index in [1.54, 1.807) is 0 Å². The minimum absolute atomic E-state index is 0.0859. The second kappa shape index (κ2) is 11.6. The van der Waals surface area contributed by atoms with Gasteiger partial charge in [-0.2, -0.15) is 23.5 Å². The molecule has 0 spiro atoms. The average molecular weight is 572 g/mol. The van der Waals surface area contributed by atoms with E-state index in [2.05, 4.69) is 15.7 Å². The standard InChI is InChI=1S/C19H22F3N3O4S.C5H6N2O2/c1-23-18(26)11-25-10-13(9-24-25)12-3-6-17(16(7-12)19(20,21)22)30(27,28)15-5-4-14(8-15)29-2;6-3-5(1-2-5)7-4(8)9/h3,6-7,9-10,14-15H,4-5,8,11H2,1-2H3,(H,23,26);7H,1-2H2,(H,8,9)/t14-,15-;/m0./s1. The Morgan fingerprint density at radius 1 is 1.28 bits per heavy atom. The zero-order valence-corrected chi connectivity index (χ0v) is 22.0. The van der Waals surface area contributed by atoms with Gasteiger partial charge in [0.2, 0.25) is 5.91 Å². The lowest BCUT2D eigenvalue weighted by Gasteiger charge is -2.18.